The van der Waals surface area contributed by atoms with Gasteiger partial charge in [-0.25, -0.2) is 0 Å². The van der Waals surface area contributed by atoms with Gasteiger partial charge in [0.15, 0.2) is 0 Å². The average Bonchev–Trinajstić information content (AvgIpc) is 2.70. The molecule has 0 bridgehead atoms. The Bertz CT molecular complexity index is 279. The van der Waals surface area contributed by atoms with Gasteiger partial charge in [-0.2, -0.15) is 0 Å². The van der Waals surface area contributed by atoms with E-state index in [0.29, 0.717) is 0 Å². The summed E-state index contributed by atoms with van der Waals surface area (Å²) in [5, 5.41) is 0. The first-order chi connectivity index (χ1) is 5.22. The van der Waals surface area contributed by atoms with Crippen LogP contribution in [0.3, 0.4) is 0 Å². The lowest BCUT2D eigenvalue weighted by molar-refractivity contribution is 0.328. The van der Waals surface area contributed by atoms with E-state index in [1.807, 2.05) is 18.5 Å². The number of aryl methyl sites for hydroxylation is 1. The molecule has 58 valence electrons. The molecule has 1 fully saturated rings. The van der Waals surface area contributed by atoms with E-state index < -0.39 is 0 Å². The van der Waals surface area contributed by atoms with Crippen LogP contribution in [0.25, 0.3) is 0 Å². The summed E-state index contributed by atoms with van der Waals surface area (Å²) in [6, 6.07) is 2.02. The van der Waals surface area contributed by atoms with Crippen molar-refractivity contribution in [3.63, 3.8) is 0 Å². The molecule has 1 aromatic rings. The summed E-state index contributed by atoms with van der Waals surface area (Å²) in [5.41, 5.74) is 2.46. The van der Waals surface area contributed by atoms with Crippen molar-refractivity contribution in [3.8, 4) is 0 Å². The maximum atomic E-state index is 5.32. The SMILES string of the molecule is Cc1ccncc1C1(C)CO1. The Morgan fingerprint density at radius 1 is 1.64 bits per heavy atom. The average molecular weight is 149 g/mol. The minimum Gasteiger partial charge on any atom is -0.365 e. The van der Waals surface area contributed by atoms with Crippen molar-refractivity contribution in [3.05, 3.63) is 29.6 Å². The third-order valence-corrected chi connectivity index (χ3v) is 2.19. The molecule has 0 radical (unpaired) electrons. The van der Waals surface area contributed by atoms with Crippen molar-refractivity contribution in [2.45, 2.75) is 19.4 Å². The monoisotopic (exact) mass is 149 g/mol. The van der Waals surface area contributed by atoms with E-state index in [1.165, 1.54) is 11.1 Å². The van der Waals surface area contributed by atoms with Gasteiger partial charge < -0.3 is 4.74 Å². The number of aromatic nitrogens is 1. The molecule has 11 heavy (non-hydrogen) atoms. The van der Waals surface area contributed by atoms with Crippen LogP contribution in [0.5, 0.6) is 0 Å². The Kier molecular flexibility index (Phi) is 1.26. The van der Waals surface area contributed by atoms with Gasteiger partial charge in [0, 0.05) is 18.0 Å². The van der Waals surface area contributed by atoms with E-state index in [0.717, 1.165) is 6.61 Å². The second kappa shape index (κ2) is 2.05. The summed E-state index contributed by atoms with van der Waals surface area (Å²) >= 11 is 0. The number of pyridine rings is 1. The maximum absolute atomic E-state index is 5.32. The highest BCUT2D eigenvalue weighted by Crippen LogP contribution is 2.38. The van der Waals surface area contributed by atoms with Gasteiger partial charge in [-0.05, 0) is 25.5 Å². The fraction of sp³-hybridized carbons (Fsp3) is 0.444. The fourth-order valence-electron chi connectivity index (χ4n) is 1.28. The third-order valence-electron chi connectivity index (χ3n) is 2.19. The van der Waals surface area contributed by atoms with Crippen molar-refractivity contribution in [1.82, 2.24) is 4.98 Å². The minimum absolute atomic E-state index is 0.0294. The summed E-state index contributed by atoms with van der Waals surface area (Å²) in [6.45, 7) is 5.01. The van der Waals surface area contributed by atoms with Crippen LogP contribution in [0, 0.1) is 6.92 Å². The Hall–Kier alpha value is -0.890. The molecule has 0 aliphatic carbocycles. The lowest BCUT2D eigenvalue weighted by Crippen LogP contribution is -2.04. The van der Waals surface area contributed by atoms with Crippen molar-refractivity contribution in [2.24, 2.45) is 0 Å². The van der Waals surface area contributed by atoms with Gasteiger partial charge in [-0.3, -0.25) is 4.98 Å². The van der Waals surface area contributed by atoms with Crippen LogP contribution in [-0.2, 0) is 10.3 Å². The minimum atomic E-state index is -0.0294. The van der Waals surface area contributed by atoms with Gasteiger partial charge in [0.1, 0.15) is 5.60 Å². The number of ether oxygens (including phenoxy) is 1. The largest absolute Gasteiger partial charge is 0.365 e. The molecule has 1 saturated heterocycles. The molecule has 0 saturated carbocycles. The van der Waals surface area contributed by atoms with Crippen LogP contribution in [0.1, 0.15) is 18.1 Å². The number of hydrogen-bond acceptors (Lipinski definition) is 2. The fourth-order valence-corrected chi connectivity index (χ4v) is 1.28. The molecule has 0 aromatic carbocycles. The first kappa shape index (κ1) is 6.80. The summed E-state index contributed by atoms with van der Waals surface area (Å²) in [4.78, 5) is 4.07. The maximum Gasteiger partial charge on any atom is 0.115 e. The molecule has 0 amide bonds. The summed E-state index contributed by atoms with van der Waals surface area (Å²) < 4.78 is 5.32. The number of rotatable bonds is 1. The molecule has 0 N–H and O–H groups in total. The van der Waals surface area contributed by atoms with Crippen LogP contribution >= 0.6 is 0 Å². The topological polar surface area (TPSA) is 25.4 Å². The normalized spacial score (nSPS) is 28.5. The van der Waals surface area contributed by atoms with E-state index in [2.05, 4.69) is 18.8 Å². The van der Waals surface area contributed by atoms with Gasteiger partial charge in [-0.1, -0.05) is 0 Å². The molecular weight excluding hydrogens is 138 g/mol. The van der Waals surface area contributed by atoms with E-state index in [9.17, 15) is 0 Å². The quantitative estimate of drug-likeness (QED) is 0.567. The predicted octanol–water partition coefficient (Wildman–Crippen LogP) is 1.64. The molecule has 0 spiro atoms. The lowest BCUT2D eigenvalue weighted by Gasteiger charge is -2.07. The zero-order valence-corrected chi connectivity index (χ0v) is 6.79. The second-order valence-electron chi connectivity index (χ2n) is 3.21. The molecule has 2 heterocycles. The smallest absolute Gasteiger partial charge is 0.115 e. The van der Waals surface area contributed by atoms with E-state index in [4.69, 9.17) is 4.74 Å². The van der Waals surface area contributed by atoms with E-state index in [1.54, 1.807) is 0 Å². The summed E-state index contributed by atoms with van der Waals surface area (Å²) in [5.74, 6) is 0. The Balaban J connectivity index is 2.45. The molecule has 1 aliphatic heterocycles. The van der Waals surface area contributed by atoms with Crippen molar-refractivity contribution < 1.29 is 4.74 Å². The highest BCUT2D eigenvalue weighted by Gasteiger charge is 2.42. The number of epoxide rings is 1. The highest BCUT2D eigenvalue weighted by molar-refractivity contribution is 5.30. The van der Waals surface area contributed by atoms with Crippen LogP contribution < -0.4 is 0 Å². The molecule has 2 rings (SSSR count). The predicted molar refractivity (Wildman–Crippen MR) is 42.3 cm³/mol. The van der Waals surface area contributed by atoms with Gasteiger partial charge in [0.2, 0.25) is 0 Å². The van der Waals surface area contributed by atoms with E-state index in [-0.39, 0.29) is 5.60 Å². The van der Waals surface area contributed by atoms with Gasteiger partial charge >= 0.3 is 0 Å². The standard InChI is InChI=1S/C9H11NO/c1-7-3-4-10-5-8(7)9(2)6-11-9/h3-5H,6H2,1-2H3. The van der Waals surface area contributed by atoms with Crippen LogP contribution in [0.15, 0.2) is 18.5 Å². The van der Waals surface area contributed by atoms with Gasteiger partial charge in [0.25, 0.3) is 0 Å². The zero-order valence-electron chi connectivity index (χ0n) is 6.79. The van der Waals surface area contributed by atoms with Crippen LogP contribution in [0.2, 0.25) is 0 Å². The molecule has 2 heteroatoms. The Morgan fingerprint density at radius 2 is 2.36 bits per heavy atom. The van der Waals surface area contributed by atoms with Crippen molar-refractivity contribution in [2.75, 3.05) is 6.61 Å². The lowest BCUT2D eigenvalue weighted by atomic mass is 10.00. The Morgan fingerprint density at radius 3 is 2.91 bits per heavy atom. The molecule has 1 aromatic heterocycles. The first-order valence-electron chi connectivity index (χ1n) is 3.77. The van der Waals surface area contributed by atoms with Crippen LogP contribution in [0.4, 0.5) is 0 Å². The number of nitrogens with zero attached hydrogens (tertiary/aromatic N) is 1. The third kappa shape index (κ3) is 1.03. The molecule has 1 aliphatic rings. The molecular formula is C9H11NO. The summed E-state index contributed by atoms with van der Waals surface area (Å²) in [6.07, 6.45) is 3.70. The second-order valence-corrected chi connectivity index (χ2v) is 3.21. The van der Waals surface area contributed by atoms with Crippen LogP contribution in [-0.4, -0.2) is 11.6 Å². The molecule has 2 nitrogen and oxygen atoms in total. The first-order valence-corrected chi connectivity index (χ1v) is 3.77. The Labute approximate surface area is 66.2 Å². The van der Waals surface area contributed by atoms with Crippen molar-refractivity contribution in [1.29, 1.82) is 0 Å². The molecule has 1 unspecified atom stereocenters. The zero-order chi connectivity index (χ0) is 7.90. The van der Waals surface area contributed by atoms with Gasteiger partial charge in [0.05, 0.1) is 6.61 Å². The van der Waals surface area contributed by atoms with E-state index >= 15 is 0 Å². The highest BCUT2D eigenvalue weighted by atomic mass is 16.6. The summed E-state index contributed by atoms with van der Waals surface area (Å²) in [7, 11) is 0. The molecule has 1 atom stereocenters. The number of hydrogen-bond donors (Lipinski definition) is 0. The van der Waals surface area contributed by atoms with Gasteiger partial charge in [-0.15, -0.1) is 0 Å². The van der Waals surface area contributed by atoms with Crippen molar-refractivity contribution >= 4 is 0 Å².